The van der Waals surface area contributed by atoms with Crippen molar-refractivity contribution in [2.24, 2.45) is 5.92 Å². The van der Waals surface area contributed by atoms with Gasteiger partial charge in [0.15, 0.2) is 0 Å². The molecule has 0 heterocycles. The van der Waals surface area contributed by atoms with Crippen LogP contribution in [0.2, 0.25) is 0 Å². The molecule has 0 saturated heterocycles. The minimum Gasteiger partial charge on any atom is -0.388 e. The summed E-state index contributed by atoms with van der Waals surface area (Å²) in [6.45, 7) is 1.69. The van der Waals surface area contributed by atoms with Crippen LogP contribution in [0.4, 0.5) is 0 Å². The summed E-state index contributed by atoms with van der Waals surface area (Å²) in [4.78, 5) is 12.2. The largest absolute Gasteiger partial charge is 0.388 e. The van der Waals surface area contributed by atoms with Crippen LogP contribution in [0.15, 0.2) is 60.7 Å². The van der Waals surface area contributed by atoms with Gasteiger partial charge in [-0.3, -0.25) is 4.79 Å². The van der Waals surface area contributed by atoms with Crippen molar-refractivity contribution in [1.82, 2.24) is 0 Å². The van der Waals surface area contributed by atoms with E-state index in [1.54, 1.807) is 31.2 Å². The van der Waals surface area contributed by atoms with Crippen LogP contribution < -0.4 is 0 Å². The van der Waals surface area contributed by atoms with Crippen molar-refractivity contribution < 1.29 is 15.0 Å². The number of carbonyl (C=O) groups excluding carboxylic acids is 1. The van der Waals surface area contributed by atoms with Crippen molar-refractivity contribution in [3.8, 4) is 0 Å². The minimum atomic E-state index is -0.846. The lowest BCUT2D eigenvalue weighted by atomic mass is 9.90. The molecule has 0 aliphatic carbocycles. The Labute approximate surface area is 124 Å². The molecule has 0 aliphatic heterocycles. The first-order chi connectivity index (χ1) is 10.1. The SMILES string of the molecule is C[C@@H](C(=O)C[C@@H](O)c1ccccc1)[C@@H](O)c1ccccc1. The van der Waals surface area contributed by atoms with E-state index in [9.17, 15) is 15.0 Å². The number of benzene rings is 2. The third-order valence-electron chi connectivity index (χ3n) is 3.70. The topological polar surface area (TPSA) is 57.5 Å². The van der Waals surface area contributed by atoms with Crippen molar-refractivity contribution in [2.75, 3.05) is 0 Å². The highest BCUT2D eigenvalue weighted by Crippen LogP contribution is 2.26. The predicted octanol–water partition coefficient (Wildman–Crippen LogP) is 3.05. The van der Waals surface area contributed by atoms with E-state index in [0.717, 1.165) is 0 Å². The lowest BCUT2D eigenvalue weighted by Gasteiger charge is -2.19. The molecule has 2 rings (SSSR count). The molecule has 0 fully saturated rings. The zero-order chi connectivity index (χ0) is 15.2. The molecule has 0 aliphatic rings. The highest BCUT2D eigenvalue weighted by atomic mass is 16.3. The van der Waals surface area contributed by atoms with Crippen LogP contribution in [0.3, 0.4) is 0 Å². The monoisotopic (exact) mass is 284 g/mol. The Hall–Kier alpha value is -1.97. The number of hydrogen-bond donors (Lipinski definition) is 2. The summed E-state index contributed by atoms with van der Waals surface area (Å²) < 4.78 is 0. The number of Topliss-reactive ketones (excluding diaryl/α,β-unsaturated/α-hetero) is 1. The Morgan fingerprint density at radius 1 is 0.905 bits per heavy atom. The zero-order valence-electron chi connectivity index (χ0n) is 12.0. The van der Waals surface area contributed by atoms with Crippen molar-refractivity contribution in [3.05, 3.63) is 71.8 Å². The van der Waals surface area contributed by atoms with Crippen LogP contribution in [0.25, 0.3) is 0 Å². The zero-order valence-corrected chi connectivity index (χ0v) is 12.0. The highest BCUT2D eigenvalue weighted by Gasteiger charge is 2.25. The predicted molar refractivity (Wildman–Crippen MR) is 81.6 cm³/mol. The number of rotatable bonds is 6. The van der Waals surface area contributed by atoms with E-state index in [4.69, 9.17) is 0 Å². The van der Waals surface area contributed by atoms with Crippen molar-refractivity contribution >= 4 is 5.78 Å². The average molecular weight is 284 g/mol. The molecule has 2 aromatic carbocycles. The van der Waals surface area contributed by atoms with Gasteiger partial charge in [-0.15, -0.1) is 0 Å². The molecule has 21 heavy (non-hydrogen) atoms. The fourth-order valence-electron chi connectivity index (χ4n) is 2.28. The third-order valence-corrected chi connectivity index (χ3v) is 3.70. The van der Waals surface area contributed by atoms with Crippen LogP contribution in [0.1, 0.15) is 36.7 Å². The molecule has 2 aromatic rings. The quantitative estimate of drug-likeness (QED) is 0.857. The smallest absolute Gasteiger partial charge is 0.141 e. The summed E-state index contributed by atoms with van der Waals surface area (Å²) in [6.07, 6.45) is -1.67. The summed E-state index contributed by atoms with van der Waals surface area (Å²) in [5, 5.41) is 20.3. The summed E-state index contributed by atoms with van der Waals surface area (Å²) in [5.74, 6) is -0.700. The highest BCUT2D eigenvalue weighted by molar-refractivity contribution is 5.82. The molecule has 0 amide bonds. The molecule has 110 valence electrons. The molecule has 3 heteroatoms. The molecule has 0 unspecified atom stereocenters. The molecule has 0 radical (unpaired) electrons. The first kappa shape index (κ1) is 15.4. The second-order valence-electron chi connectivity index (χ2n) is 5.24. The second kappa shape index (κ2) is 7.16. The van der Waals surface area contributed by atoms with Gasteiger partial charge in [-0.05, 0) is 11.1 Å². The number of ketones is 1. The molecule has 0 spiro atoms. The summed E-state index contributed by atoms with van der Waals surface area (Å²) >= 11 is 0. The van der Waals surface area contributed by atoms with E-state index in [2.05, 4.69) is 0 Å². The summed E-state index contributed by atoms with van der Waals surface area (Å²) in [7, 11) is 0. The molecule has 0 bridgehead atoms. The molecule has 3 nitrogen and oxygen atoms in total. The first-order valence-corrected chi connectivity index (χ1v) is 7.08. The molecule has 0 aromatic heterocycles. The Morgan fingerprint density at radius 3 is 1.90 bits per heavy atom. The Morgan fingerprint density at radius 2 is 1.38 bits per heavy atom. The normalized spacial score (nSPS) is 15.2. The third kappa shape index (κ3) is 4.00. The van der Waals surface area contributed by atoms with Crippen LogP contribution >= 0.6 is 0 Å². The lowest BCUT2D eigenvalue weighted by Crippen LogP contribution is -2.21. The molecule has 0 saturated carbocycles. The number of hydrogen-bond acceptors (Lipinski definition) is 3. The van der Waals surface area contributed by atoms with E-state index in [1.165, 1.54) is 0 Å². The van der Waals surface area contributed by atoms with E-state index in [1.807, 2.05) is 36.4 Å². The van der Waals surface area contributed by atoms with Crippen LogP contribution in [0.5, 0.6) is 0 Å². The van der Waals surface area contributed by atoms with Crippen LogP contribution in [0, 0.1) is 5.92 Å². The maximum atomic E-state index is 12.2. The van der Waals surface area contributed by atoms with Crippen LogP contribution in [-0.2, 0) is 4.79 Å². The maximum Gasteiger partial charge on any atom is 0.141 e. The van der Waals surface area contributed by atoms with E-state index >= 15 is 0 Å². The minimum absolute atomic E-state index is 0.00900. The van der Waals surface area contributed by atoms with Gasteiger partial charge in [0, 0.05) is 12.3 Å². The average Bonchev–Trinajstić information content (AvgIpc) is 2.55. The van der Waals surface area contributed by atoms with E-state index < -0.39 is 18.1 Å². The second-order valence-corrected chi connectivity index (χ2v) is 5.24. The number of carbonyl (C=O) groups is 1. The summed E-state index contributed by atoms with van der Waals surface area (Å²) in [6, 6.07) is 18.2. The van der Waals surface area contributed by atoms with Gasteiger partial charge in [0.1, 0.15) is 5.78 Å². The Bertz CT molecular complexity index is 566. The van der Waals surface area contributed by atoms with Crippen LogP contribution in [-0.4, -0.2) is 16.0 Å². The fourth-order valence-corrected chi connectivity index (χ4v) is 2.28. The Kier molecular flexibility index (Phi) is 5.26. The number of aliphatic hydroxyl groups excluding tert-OH is 2. The first-order valence-electron chi connectivity index (χ1n) is 7.08. The van der Waals surface area contributed by atoms with Gasteiger partial charge in [0.05, 0.1) is 12.2 Å². The summed E-state index contributed by atoms with van der Waals surface area (Å²) in [5.41, 5.74) is 1.43. The van der Waals surface area contributed by atoms with E-state index in [-0.39, 0.29) is 12.2 Å². The van der Waals surface area contributed by atoms with Crippen molar-refractivity contribution in [3.63, 3.8) is 0 Å². The molecular formula is C18H20O3. The molecular weight excluding hydrogens is 264 g/mol. The van der Waals surface area contributed by atoms with Gasteiger partial charge in [-0.2, -0.15) is 0 Å². The van der Waals surface area contributed by atoms with Crippen molar-refractivity contribution in [1.29, 1.82) is 0 Å². The number of aliphatic hydroxyl groups is 2. The van der Waals surface area contributed by atoms with E-state index in [0.29, 0.717) is 11.1 Å². The molecule has 2 N–H and O–H groups in total. The Balaban J connectivity index is 2.00. The lowest BCUT2D eigenvalue weighted by molar-refractivity contribution is -0.127. The fraction of sp³-hybridized carbons (Fsp3) is 0.278. The van der Waals surface area contributed by atoms with Gasteiger partial charge in [-0.1, -0.05) is 67.6 Å². The molecule has 3 atom stereocenters. The van der Waals surface area contributed by atoms with Crippen molar-refractivity contribution in [2.45, 2.75) is 25.6 Å². The van der Waals surface area contributed by atoms with Gasteiger partial charge < -0.3 is 10.2 Å². The van der Waals surface area contributed by atoms with Gasteiger partial charge in [0.2, 0.25) is 0 Å². The standard InChI is InChI=1S/C18H20O3/c1-13(18(21)15-10-6-3-7-11-15)16(19)12-17(20)14-8-4-2-5-9-14/h2-11,13,17-18,20-21H,12H2,1H3/t13-,17+,18+/m0/s1. The maximum absolute atomic E-state index is 12.2. The van der Waals surface area contributed by atoms with Gasteiger partial charge >= 0.3 is 0 Å². The van der Waals surface area contributed by atoms with Gasteiger partial charge in [-0.25, -0.2) is 0 Å². The van der Waals surface area contributed by atoms with Gasteiger partial charge in [0.25, 0.3) is 0 Å².